The van der Waals surface area contributed by atoms with Gasteiger partial charge in [0.15, 0.2) is 0 Å². The number of aromatic nitrogens is 2. The van der Waals surface area contributed by atoms with Crippen molar-refractivity contribution in [3.63, 3.8) is 0 Å². The van der Waals surface area contributed by atoms with Gasteiger partial charge in [0, 0.05) is 24.0 Å². The van der Waals surface area contributed by atoms with E-state index in [1.807, 2.05) is 7.05 Å². The van der Waals surface area contributed by atoms with E-state index in [9.17, 15) is 0 Å². The van der Waals surface area contributed by atoms with Crippen LogP contribution in [0.1, 0.15) is 25.6 Å². The molecule has 2 aromatic rings. The molecular weight excluding hydrogens is 244 g/mol. The highest BCUT2D eigenvalue weighted by atomic mass is 32.1. The number of aryl methyl sites for hydroxylation is 1. The summed E-state index contributed by atoms with van der Waals surface area (Å²) in [6.45, 7) is 6.98. The fourth-order valence-corrected chi connectivity index (χ4v) is 2.69. The monoisotopic (exact) mass is 264 g/mol. The van der Waals surface area contributed by atoms with Crippen LogP contribution < -0.4 is 10.6 Å². The molecule has 2 heterocycles. The lowest BCUT2D eigenvalue weighted by Crippen LogP contribution is -2.47. The molecule has 0 saturated heterocycles. The predicted molar refractivity (Wildman–Crippen MR) is 78.3 cm³/mol. The van der Waals surface area contributed by atoms with Crippen molar-refractivity contribution < 1.29 is 0 Å². The van der Waals surface area contributed by atoms with E-state index in [0.29, 0.717) is 6.54 Å². The Bertz CT molecular complexity index is 547. The molecule has 0 aliphatic carbocycles. The van der Waals surface area contributed by atoms with Crippen LogP contribution >= 0.6 is 11.3 Å². The molecule has 0 aliphatic heterocycles. The number of hydrogen-bond acceptors (Lipinski definition) is 5. The van der Waals surface area contributed by atoms with Crippen molar-refractivity contribution in [1.82, 2.24) is 9.97 Å². The number of nitrogens with zero attached hydrogens (tertiary/aromatic N) is 3. The maximum atomic E-state index is 5.84. The number of nitrogens with two attached hydrogens (primary N) is 1. The molecule has 18 heavy (non-hydrogen) atoms. The van der Waals surface area contributed by atoms with Gasteiger partial charge in [-0.05, 0) is 26.3 Å². The largest absolute Gasteiger partial charge is 0.353 e. The number of anilines is 1. The zero-order valence-electron chi connectivity index (χ0n) is 11.4. The molecule has 5 heteroatoms. The normalized spacial score (nSPS) is 12.1. The molecule has 2 rings (SSSR count). The van der Waals surface area contributed by atoms with E-state index >= 15 is 0 Å². The first kappa shape index (κ1) is 13.2. The van der Waals surface area contributed by atoms with Crippen LogP contribution in [0, 0.1) is 0 Å². The average molecular weight is 264 g/mol. The highest BCUT2D eigenvalue weighted by Crippen LogP contribution is 2.32. The van der Waals surface area contributed by atoms with E-state index in [2.05, 4.69) is 41.7 Å². The number of fused-ring (bicyclic) bond motifs is 1. The topological polar surface area (TPSA) is 55.0 Å². The Hall–Kier alpha value is -1.20. The second-order valence-corrected chi connectivity index (χ2v) is 6.17. The van der Waals surface area contributed by atoms with Crippen molar-refractivity contribution in [3.05, 3.63) is 17.3 Å². The first-order chi connectivity index (χ1) is 8.49. The summed E-state index contributed by atoms with van der Waals surface area (Å²) >= 11 is 1.74. The van der Waals surface area contributed by atoms with Crippen LogP contribution in [-0.2, 0) is 6.42 Å². The summed E-state index contributed by atoms with van der Waals surface area (Å²) in [6.07, 6.45) is 2.67. The Morgan fingerprint density at radius 2 is 2.11 bits per heavy atom. The second-order valence-electron chi connectivity index (χ2n) is 5.06. The van der Waals surface area contributed by atoms with Crippen LogP contribution in [0.15, 0.2) is 12.4 Å². The van der Waals surface area contributed by atoms with Crippen molar-refractivity contribution in [1.29, 1.82) is 0 Å². The van der Waals surface area contributed by atoms with Gasteiger partial charge in [-0.15, -0.1) is 11.3 Å². The van der Waals surface area contributed by atoms with Crippen LogP contribution in [0.25, 0.3) is 10.2 Å². The molecule has 98 valence electrons. The minimum atomic E-state index is -0.115. The SMILES string of the molecule is CCc1cc2c(N(C)C(C)(C)CN)ncnc2s1. The van der Waals surface area contributed by atoms with Gasteiger partial charge in [-0.1, -0.05) is 6.92 Å². The summed E-state index contributed by atoms with van der Waals surface area (Å²) in [5.41, 5.74) is 5.72. The van der Waals surface area contributed by atoms with Gasteiger partial charge in [0.25, 0.3) is 0 Å². The van der Waals surface area contributed by atoms with E-state index in [1.165, 1.54) is 4.88 Å². The van der Waals surface area contributed by atoms with Crippen molar-refractivity contribution in [3.8, 4) is 0 Å². The Morgan fingerprint density at radius 3 is 2.72 bits per heavy atom. The van der Waals surface area contributed by atoms with Gasteiger partial charge < -0.3 is 10.6 Å². The summed E-state index contributed by atoms with van der Waals surface area (Å²) in [4.78, 5) is 13.3. The molecule has 0 fully saturated rings. The predicted octanol–water partition coefficient (Wildman–Crippen LogP) is 2.43. The standard InChI is InChI=1S/C13H20N4S/c1-5-9-6-10-11(15-8-16-12(10)18-9)17(4)13(2,3)7-14/h6,8H,5,7,14H2,1-4H3. The van der Waals surface area contributed by atoms with Gasteiger partial charge in [0.05, 0.1) is 5.39 Å². The Kier molecular flexibility index (Phi) is 3.54. The molecule has 2 aromatic heterocycles. The lowest BCUT2D eigenvalue weighted by molar-refractivity contribution is 0.496. The third-order valence-corrected chi connectivity index (χ3v) is 4.62. The first-order valence-electron chi connectivity index (χ1n) is 6.17. The third-order valence-electron chi connectivity index (χ3n) is 3.43. The molecule has 0 aliphatic rings. The first-order valence-corrected chi connectivity index (χ1v) is 6.98. The summed E-state index contributed by atoms with van der Waals surface area (Å²) in [6, 6.07) is 2.19. The average Bonchev–Trinajstić information content (AvgIpc) is 2.80. The molecule has 2 N–H and O–H groups in total. The van der Waals surface area contributed by atoms with Crippen LogP contribution in [0.2, 0.25) is 0 Å². The maximum Gasteiger partial charge on any atom is 0.141 e. The van der Waals surface area contributed by atoms with Crippen LogP contribution in [0.3, 0.4) is 0 Å². The Morgan fingerprint density at radius 1 is 1.39 bits per heavy atom. The van der Waals surface area contributed by atoms with E-state index in [-0.39, 0.29) is 5.54 Å². The number of rotatable bonds is 4. The van der Waals surface area contributed by atoms with Crippen molar-refractivity contribution in [2.45, 2.75) is 32.7 Å². The number of thiophene rings is 1. The lowest BCUT2D eigenvalue weighted by Gasteiger charge is -2.35. The highest BCUT2D eigenvalue weighted by Gasteiger charge is 2.24. The lowest BCUT2D eigenvalue weighted by atomic mass is 10.0. The summed E-state index contributed by atoms with van der Waals surface area (Å²) < 4.78 is 0. The van der Waals surface area contributed by atoms with E-state index in [0.717, 1.165) is 22.5 Å². The molecule has 0 bridgehead atoms. The summed E-state index contributed by atoms with van der Waals surface area (Å²) in [5, 5.41) is 1.13. The summed E-state index contributed by atoms with van der Waals surface area (Å²) in [7, 11) is 2.04. The van der Waals surface area contributed by atoms with Crippen LogP contribution in [0.5, 0.6) is 0 Å². The highest BCUT2D eigenvalue weighted by molar-refractivity contribution is 7.18. The molecule has 0 atom stereocenters. The van der Waals surface area contributed by atoms with Gasteiger partial charge >= 0.3 is 0 Å². The van der Waals surface area contributed by atoms with Gasteiger partial charge in [-0.25, -0.2) is 9.97 Å². The molecule has 0 unspecified atom stereocenters. The zero-order valence-corrected chi connectivity index (χ0v) is 12.2. The Labute approximate surface area is 112 Å². The zero-order chi connectivity index (χ0) is 13.3. The van der Waals surface area contributed by atoms with Gasteiger partial charge in [-0.2, -0.15) is 0 Å². The Balaban J connectivity index is 2.53. The fourth-order valence-electron chi connectivity index (χ4n) is 1.76. The maximum absolute atomic E-state index is 5.84. The molecule has 0 spiro atoms. The molecular formula is C13H20N4S. The quantitative estimate of drug-likeness (QED) is 0.921. The summed E-state index contributed by atoms with van der Waals surface area (Å²) in [5.74, 6) is 0.964. The van der Waals surface area contributed by atoms with Crippen LogP contribution in [-0.4, -0.2) is 29.1 Å². The fraction of sp³-hybridized carbons (Fsp3) is 0.538. The van der Waals surface area contributed by atoms with E-state index in [4.69, 9.17) is 5.73 Å². The van der Waals surface area contributed by atoms with Gasteiger partial charge in [-0.3, -0.25) is 0 Å². The minimum Gasteiger partial charge on any atom is -0.353 e. The molecule has 0 aromatic carbocycles. The van der Waals surface area contributed by atoms with Gasteiger partial charge in [0.2, 0.25) is 0 Å². The minimum absolute atomic E-state index is 0.115. The van der Waals surface area contributed by atoms with Gasteiger partial charge in [0.1, 0.15) is 17.0 Å². The molecule has 0 amide bonds. The number of likely N-dealkylation sites (N-methyl/N-ethyl adjacent to an activating group) is 1. The van der Waals surface area contributed by atoms with E-state index in [1.54, 1.807) is 17.7 Å². The third kappa shape index (κ3) is 2.20. The van der Waals surface area contributed by atoms with E-state index < -0.39 is 0 Å². The molecule has 4 nitrogen and oxygen atoms in total. The molecule has 0 saturated carbocycles. The van der Waals surface area contributed by atoms with Crippen molar-refractivity contribution >= 4 is 27.4 Å². The van der Waals surface area contributed by atoms with Crippen molar-refractivity contribution in [2.75, 3.05) is 18.5 Å². The van der Waals surface area contributed by atoms with Crippen molar-refractivity contribution in [2.24, 2.45) is 5.73 Å². The molecule has 0 radical (unpaired) electrons. The number of hydrogen-bond donors (Lipinski definition) is 1. The second kappa shape index (κ2) is 4.82. The smallest absolute Gasteiger partial charge is 0.141 e. The van der Waals surface area contributed by atoms with Crippen LogP contribution in [0.4, 0.5) is 5.82 Å².